The van der Waals surface area contributed by atoms with Gasteiger partial charge in [0.05, 0.1) is 12.1 Å². The molecule has 0 aliphatic heterocycles. The standard InChI is InChI=1S/C22H29N7O8/c1-28-14(8-5-9-25-21(23)24)19(34)29(22(28)37)11-15(30)26-13(10-16(31)32)18(33)27-17(20(35)36)12-6-3-2-4-7-12/h2-4,6-7,13,17,34H,5,8-11H2,1H3,(H,26,30)(H,27,33)(H,31,32)(H,35,36)(H4,23,24,25)/t13-,17-/m0/s1. The molecule has 0 unspecified atom stereocenters. The van der Waals surface area contributed by atoms with Crippen molar-refractivity contribution in [3.8, 4) is 5.88 Å². The fourth-order valence-corrected chi connectivity index (χ4v) is 3.51. The number of carboxylic acid groups (broad SMARTS) is 2. The molecule has 0 fully saturated rings. The van der Waals surface area contributed by atoms with Crippen molar-refractivity contribution in [2.24, 2.45) is 23.5 Å². The Kier molecular flexibility index (Phi) is 9.80. The lowest BCUT2D eigenvalue weighted by molar-refractivity contribution is -0.143. The van der Waals surface area contributed by atoms with Crippen molar-refractivity contribution in [2.75, 3.05) is 6.54 Å². The van der Waals surface area contributed by atoms with Gasteiger partial charge in [-0.05, 0) is 18.4 Å². The van der Waals surface area contributed by atoms with Gasteiger partial charge in [0, 0.05) is 13.6 Å². The Morgan fingerprint density at radius 1 is 1.08 bits per heavy atom. The number of carbonyl (C=O) groups is 4. The van der Waals surface area contributed by atoms with Gasteiger partial charge in [-0.2, -0.15) is 0 Å². The number of guanidine groups is 1. The Bertz CT molecular complexity index is 1230. The molecule has 2 aromatic rings. The van der Waals surface area contributed by atoms with Crippen molar-refractivity contribution in [2.45, 2.75) is 37.9 Å². The number of hydrogen-bond donors (Lipinski definition) is 7. The number of aromatic hydroxyl groups is 1. The summed E-state index contributed by atoms with van der Waals surface area (Å²) in [6, 6.07) is 4.54. The van der Waals surface area contributed by atoms with Crippen LogP contribution in [-0.4, -0.2) is 66.8 Å². The zero-order valence-electron chi connectivity index (χ0n) is 20.0. The molecule has 2 rings (SSSR count). The zero-order valence-corrected chi connectivity index (χ0v) is 20.0. The molecule has 37 heavy (non-hydrogen) atoms. The Balaban J connectivity index is 2.16. The summed E-state index contributed by atoms with van der Waals surface area (Å²) in [4.78, 5) is 64.7. The highest BCUT2D eigenvalue weighted by atomic mass is 16.4. The summed E-state index contributed by atoms with van der Waals surface area (Å²) in [5, 5.41) is 33.6. The molecular formula is C22H29N7O8. The van der Waals surface area contributed by atoms with E-state index < -0.39 is 60.4 Å². The van der Waals surface area contributed by atoms with Gasteiger partial charge in [0.25, 0.3) is 0 Å². The highest BCUT2D eigenvalue weighted by Gasteiger charge is 2.30. The van der Waals surface area contributed by atoms with Crippen LogP contribution in [0.5, 0.6) is 5.88 Å². The summed E-state index contributed by atoms with van der Waals surface area (Å²) in [6.07, 6.45) is -0.255. The monoisotopic (exact) mass is 519 g/mol. The van der Waals surface area contributed by atoms with Crippen molar-refractivity contribution in [1.82, 2.24) is 19.8 Å². The van der Waals surface area contributed by atoms with Gasteiger partial charge in [0.1, 0.15) is 12.6 Å². The molecule has 0 aliphatic carbocycles. The number of aliphatic carboxylic acids is 2. The molecule has 2 amide bonds. The molecule has 1 aromatic carbocycles. The number of nitrogens with two attached hydrogens (primary N) is 2. The van der Waals surface area contributed by atoms with E-state index in [0.717, 1.165) is 9.13 Å². The van der Waals surface area contributed by atoms with Gasteiger partial charge in [-0.15, -0.1) is 0 Å². The van der Waals surface area contributed by atoms with E-state index in [1.54, 1.807) is 18.2 Å². The third-order valence-electron chi connectivity index (χ3n) is 5.30. The van der Waals surface area contributed by atoms with E-state index in [-0.39, 0.29) is 30.2 Å². The van der Waals surface area contributed by atoms with Crippen molar-refractivity contribution >= 4 is 29.7 Å². The van der Waals surface area contributed by atoms with Crippen LogP contribution in [0.4, 0.5) is 0 Å². The number of nitrogens with zero attached hydrogens (tertiary/aromatic N) is 3. The normalized spacial score (nSPS) is 12.2. The molecule has 2 atom stereocenters. The lowest BCUT2D eigenvalue weighted by Gasteiger charge is -2.20. The number of carboxylic acids is 2. The number of amides is 2. The molecule has 15 heteroatoms. The largest absolute Gasteiger partial charge is 0.493 e. The Morgan fingerprint density at radius 3 is 2.30 bits per heavy atom. The van der Waals surface area contributed by atoms with Crippen LogP contribution < -0.4 is 27.8 Å². The van der Waals surface area contributed by atoms with Gasteiger partial charge >= 0.3 is 17.6 Å². The van der Waals surface area contributed by atoms with Crippen molar-refractivity contribution in [1.29, 1.82) is 0 Å². The Morgan fingerprint density at radius 2 is 1.73 bits per heavy atom. The van der Waals surface area contributed by atoms with Gasteiger partial charge in [0.2, 0.25) is 17.7 Å². The molecule has 0 aliphatic rings. The number of nitrogens with one attached hydrogen (secondary N) is 2. The minimum Gasteiger partial charge on any atom is -0.493 e. The second-order valence-electron chi connectivity index (χ2n) is 8.02. The third-order valence-corrected chi connectivity index (χ3v) is 5.30. The van der Waals surface area contributed by atoms with Gasteiger partial charge < -0.3 is 37.4 Å². The van der Waals surface area contributed by atoms with Crippen LogP contribution >= 0.6 is 0 Å². The summed E-state index contributed by atoms with van der Waals surface area (Å²) in [5.41, 5.74) is 10.2. The summed E-state index contributed by atoms with van der Waals surface area (Å²) in [5.74, 6) is -5.43. The molecule has 1 aromatic heterocycles. The SMILES string of the molecule is Cn1c(CCCN=C(N)N)c(O)n(CC(=O)N[C@@H](CC(=O)O)C(=O)N[C@H](C(=O)O)c2ccccc2)c1=O. The Labute approximate surface area is 210 Å². The first kappa shape index (κ1) is 28.4. The molecule has 0 saturated heterocycles. The van der Waals surface area contributed by atoms with Crippen molar-refractivity contribution in [3.63, 3.8) is 0 Å². The van der Waals surface area contributed by atoms with Gasteiger partial charge in [-0.3, -0.25) is 28.5 Å². The van der Waals surface area contributed by atoms with E-state index >= 15 is 0 Å². The average Bonchev–Trinajstić information content (AvgIpc) is 3.02. The minimum absolute atomic E-state index is 0.106. The van der Waals surface area contributed by atoms with Crippen LogP contribution in [-0.2, 0) is 39.2 Å². The summed E-state index contributed by atoms with van der Waals surface area (Å²) >= 11 is 0. The van der Waals surface area contributed by atoms with Gasteiger partial charge in [-0.25, -0.2) is 9.59 Å². The quantitative estimate of drug-likeness (QED) is 0.0871. The van der Waals surface area contributed by atoms with Crippen LogP contribution in [0.1, 0.15) is 30.1 Å². The number of benzene rings is 1. The van der Waals surface area contributed by atoms with E-state index in [1.807, 2.05) is 0 Å². The van der Waals surface area contributed by atoms with Crippen LogP contribution in [0.15, 0.2) is 40.1 Å². The average molecular weight is 520 g/mol. The molecule has 0 saturated carbocycles. The van der Waals surface area contributed by atoms with E-state index in [2.05, 4.69) is 15.6 Å². The second-order valence-corrected chi connectivity index (χ2v) is 8.02. The van der Waals surface area contributed by atoms with Crippen LogP contribution in [0, 0.1) is 0 Å². The second kappa shape index (κ2) is 12.8. The molecular weight excluding hydrogens is 490 g/mol. The molecule has 15 nitrogen and oxygen atoms in total. The molecule has 200 valence electrons. The number of rotatable bonds is 13. The fraction of sp³-hybridized carbons (Fsp3) is 0.364. The number of hydrogen-bond acceptors (Lipinski definition) is 7. The Hall–Kier alpha value is -4.82. The van der Waals surface area contributed by atoms with Gasteiger partial charge in [-0.1, -0.05) is 30.3 Å². The zero-order chi connectivity index (χ0) is 27.7. The maximum absolute atomic E-state index is 12.7. The lowest BCUT2D eigenvalue weighted by atomic mass is 10.1. The van der Waals surface area contributed by atoms with E-state index in [4.69, 9.17) is 11.5 Å². The third kappa shape index (κ3) is 7.84. The highest BCUT2D eigenvalue weighted by molar-refractivity contribution is 5.93. The van der Waals surface area contributed by atoms with E-state index in [0.29, 0.717) is 6.42 Å². The van der Waals surface area contributed by atoms with Crippen molar-refractivity contribution < 1.29 is 34.5 Å². The molecule has 1 heterocycles. The summed E-state index contributed by atoms with van der Waals surface area (Å²) in [6.45, 7) is -0.481. The van der Waals surface area contributed by atoms with Gasteiger partial charge in [0.15, 0.2) is 12.0 Å². The maximum Gasteiger partial charge on any atom is 0.331 e. The predicted octanol–water partition coefficient (Wildman–Crippen LogP) is -2.00. The molecule has 0 radical (unpaired) electrons. The van der Waals surface area contributed by atoms with Crippen LogP contribution in [0.3, 0.4) is 0 Å². The maximum atomic E-state index is 12.7. The van der Waals surface area contributed by atoms with E-state index in [9.17, 15) is 39.3 Å². The van der Waals surface area contributed by atoms with E-state index in [1.165, 1.54) is 19.2 Å². The fourth-order valence-electron chi connectivity index (χ4n) is 3.51. The lowest BCUT2D eigenvalue weighted by Crippen LogP contribution is -2.50. The van der Waals surface area contributed by atoms with Crippen LogP contribution in [0.25, 0.3) is 0 Å². The number of carbonyl (C=O) groups excluding carboxylic acids is 2. The first-order chi connectivity index (χ1) is 17.4. The first-order valence-corrected chi connectivity index (χ1v) is 11.0. The van der Waals surface area contributed by atoms with Crippen LogP contribution in [0.2, 0.25) is 0 Å². The highest BCUT2D eigenvalue weighted by Crippen LogP contribution is 2.17. The summed E-state index contributed by atoms with van der Waals surface area (Å²) in [7, 11) is 1.39. The minimum atomic E-state index is -1.66. The molecule has 0 spiro atoms. The topological polar surface area (TPSA) is 244 Å². The number of imidazole rings is 1. The molecule has 0 bridgehead atoms. The number of aromatic nitrogens is 2. The van der Waals surface area contributed by atoms with Crippen molar-refractivity contribution in [3.05, 3.63) is 52.1 Å². The predicted molar refractivity (Wildman–Crippen MR) is 129 cm³/mol. The smallest absolute Gasteiger partial charge is 0.331 e. The number of aliphatic imine (C=N–C) groups is 1. The first-order valence-electron chi connectivity index (χ1n) is 11.0. The summed E-state index contributed by atoms with van der Waals surface area (Å²) < 4.78 is 1.89. The molecule has 9 N–H and O–H groups in total.